The van der Waals surface area contributed by atoms with E-state index in [4.69, 9.17) is 5.26 Å². The minimum atomic E-state index is -0.276. The molecule has 1 aromatic carbocycles. The second-order valence-electron chi connectivity index (χ2n) is 7.13. The summed E-state index contributed by atoms with van der Waals surface area (Å²) in [7, 11) is 0. The highest BCUT2D eigenvalue weighted by Crippen LogP contribution is 2.28. The second kappa shape index (κ2) is 6.62. The number of carbonyl (C=O) groups excluding carboxylic acids is 1. The van der Waals surface area contributed by atoms with Crippen LogP contribution in [-0.4, -0.2) is 69.7 Å². The fourth-order valence-corrected chi connectivity index (χ4v) is 4.07. The molecule has 0 spiro atoms. The number of nitrogens with one attached hydrogen (secondary N) is 1. The lowest BCUT2D eigenvalue weighted by Crippen LogP contribution is -2.64. The molecule has 0 radical (unpaired) electrons. The highest BCUT2D eigenvalue weighted by Gasteiger charge is 2.39. The van der Waals surface area contributed by atoms with E-state index in [2.05, 4.69) is 26.3 Å². The van der Waals surface area contributed by atoms with Crippen molar-refractivity contribution >= 4 is 22.6 Å². The molecule has 2 fully saturated rings. The molecule has 3 aromatic rings. The number of piperazine rings is 2. The van der Waals surface area contributed by atoms with Crippen molar-refractivity contribution in [2.75, 3.05) is 37.6 Å². The second-order valence-corrected chi connectivity index (χ2v) is 7.13. The number of hydrogen-bond donors (Lipinski definition) is 1. The molecule has 0 saturated carbocycles. The van der Waals surface area contributed by atoms with Gasteiger partial charge in [-0.2, -0.15) is 10.4 Å². The Morgan fingerprint density at radius 2 is 2.00 bits per heavy atom. The maximum atomic E-state index is 13.0. The molecule has 5 rings (SSSR count). The van der Waals surface area contributed by atoms with Gasteiger partial charge < -0.3 is 4.90 Å². The first kappa shape index (κ1) is 16.7. The molecule has 1 N–H and O–H groups in total. The summed E-state index contributed by atoms with van der Waals surface area (Å²) in [4.78, 5) is 23.1. The lowest BCUT2D eigenvalue weighted by molar-refractivity contribution is -0.127. The number of benzene rings is 1. The number of aromatic nitrogens is 3. The summed E-state index contributed by atoms with van der Waals surface area (Å²) < 4.78 is 0. The standard InChI is InChI=1S/C20H19N7O/c21-13-25-6-7-26-8-9-27(20(28)17(26)12-25)18-5-4-14(10-22-18)16-3-1-2-15-11-23-24-19(15)16/h1-5,10-11,17H,6-9,12H2,(H,23,24). The summed E-state index contributed by atoms with van der Waals surface area (Å²) in [6.07, 6.45) is 5.76. The number of H-pyrrole nitrogens is 1. The van der Waals surface area contributed by atoms with Gasteiger partial charge in [0.05, 0.1) is 18.3 Å². The molecular weight excluding hydrogens is 354 g/mol. The van der Waals surface area contributed by atoms with Crippen LogP contribution in [0.4, 0.5) is 5.82 Å². The molecule has 1 atom stereocenters. The van der Waals surface area contributed by atoms with Crippen LogP contribution >= 0.6 is 0 Å². The van der Waals surface area contributed by atoms with Gasteiger partial charge >= 0.3 is 0 Å². The summed E-state index contributed by atoms with van der Waals surface area (Å²) in [6, 6.07) is 9.63. The van der Waals surface area contributed by atoms with Crippen LogP contribution < -0.4 is 4.90 Å². The van der Waals surface area contributed by atoms with E-state index in [1.165, 1.54) is 0 Å². The van der Waals surface area contributed by atoms with Gasteiger partial charge in [0, 0.05) is 48.9 Å². The number of nitrogens with zero attached hydrogens (tertiary/aromatic N) is 6. The molecule has 28 heavy (non-hydrogen) atoms. The fourth-order valence-electron chi connectivity index (χ4n) is 4.07. The van der Waals surface area contributed by atoms with Crippen molar-refractivity contribution in [1.29, 1.82) is 5.26 Å². The molecule has 140 valence electrons. The lowest BCUT2D eigenvalue weighted by Gasteiger charge is -2.44. The number of para-hydroxylation sites is 1. The number of amides is 1. The van der Waals surface area contributed by atoms with E-state index >= 15 is 0 Å². The Labute approximate surface area is 162 Å². The third-order valence-electron chi connectivity index (χ3n) is 5.61. The van der Waals surface area contributed by atoms with Crippen molar-refractivity contribution in [2.24, 2.45) is 0 Å². The largest absolute Gasteiger partial charge is 0.307 e. The van der Waals surface area contributed by atoms with E-state index in [0.717, 1.165) is 35.1 Å². The Hall–Kier alpha value is -3.44. The number of hydrogen-bond acceptors (Lipinski definition) is 6. The summed E-state index contributed by atoms with van der Waals surface area (Å²) >= 11 is 0. The topological polar surface area (TPSA) is 92.2 Å². The first-order valence-corrected chi connectivity index (χ1v) is 9.33. The Morgan fingerprint density at radius 3 is 2.82 bits per heavy atom. The van der Waals surface area contributed by atoms with Crippen molar-refractivity contribution < 1.29 is 4.79 Å². The zero-order valence-electron chi connectivity index (χ0n) is 15.2. The smallest absolute Gasteiger partial charge is 0.247 e. The Morgan fingerprint density at radius 1 is 1.11 bits per heavy atom. The molecule has 0 aliphatic carbocycles. The SMILES string of the molecule is N#CN1CCN2CCN(c3ccc(-c4cccc5cn[nH]c45)cn3)C(=O)C2C1. The Balaban J connectivity index is 1.41. The van der Waals surface area contributed by atoms with Gasteiger partial charge in [0.25, 0.3) is 0 Å². The highest BCUT2D eigenvalue weighted by atomic mass is 16.2. The van der Waals surface area contributed by atoms with Crippen molar-refractivity contribution in [3.05, 3.63) is 42.7 Å². The van der Waals surface area contributed by atoms with E-state index in [9.17, 15) is 4.79 Å². The summed E-state index contributed by atoms with van der Waals surface area (Å²) in [5.41, 5.74) is 2.97. The molecule has 4 heterocycles. The number of rotatable bonds is 2. The average molecular weight is 373 g/mol. The number of fused-ring (bicyclic) bond motifs is 2. The van der Waals surface area contributed by atoms with Crippen LogP contribution in [0.15, 0.2) is 42.7 Å². The number of nitriles is 1. The van der Waals surface area contributed by atoms with Crippen LogP contribution in [0.25, 0.3) is 22.0 Å². The Bertz CT molecular complexity index is 1070. The minimum absolute atomic E-state index is 0.0159. The molecule has 2 aliphatic rings. The predicted octanol–water partition coefficient (Wildman–Crippen LogP) is 1.44. The van der Waals surface area contributed by atoms with E-state index in [1.807, 2.05) is 30.3 Å². The first-order chi connectivity index (χ1) is 13.7. The van der Waals surface area contributed by atoms with Crippen LogP contribution in [0.3, 0.4) is 0 Å². The average Bonchev–Trinajstić information content (AvgIpc) is 3.23. The van der Waals surface area contributed by atoms with Crippen molar-refractivity contribution in [2.45, 2.75) is 6.04 Å². The third-order valence-corrected chi connectivity index (χ3v) is 5.61. The van der Waals surface area contributed by atoms with Gasteiger partial charge in [0.2, 0.25) is 5.91 Å². The highest BCUT2D eigenvalue weighted by molar-refractivity contribution is 5.98. The van der Waals surface area contributed by atoms with Crippen LogP contribution in [-0.2, 0) is 4.79 Å². The zero-order valence-corrected chi connectivity index (χ0v) is 15.2. The van der Waals surface area contributed by atoms with Gasteiger partial charge in [-0.3, -0.25) is 19.7 Å². The van der Waals surface area contributed by atoms with E-state index in [1.54, 1.807) is 22.2 Å². The van der Waals surface area contributed by atoms with Crippen molar-refractivity contribution in [1.82, 2.24) is 25.0 Å². The molecular formula is C20H19N7O. The number of pyridine rings is 1. The molecule has 0 bridgehead atoms. The van der Waals surface area contributed by atoms with E-state index in [-0.39, 0.29) is 11.9 Å². The first-order valence-electron chi connectivity index (χ1n) is 9.33. The number of carbonyl (C=O) groups is 1. The fraction of sp³-hybridized carbons (Fsp3) is 0.300. The molecule has 2 saturated heterocycles. The number of aromatic amines is 1. The van der Waals surface area contributed by atoms with Gasteiger partial charge in [-0.05, 0) is 12.1 Å². The molecule has 1 unspecified atom stereocenters. The van der Waals surface area contributed by atoms with Crippen molar-refractivity contribution in [3.8, 4) is 17.3 Å². The zero-order chi connectivity index (χ0) is 19.1. The minimum Gasteiger partial charge on any atom is -0.307 e. The summed E-state index contributed by atoms with van der Waals surface area (Å²) in [6.45, 7) is 3.30. The summed E-state index contributed by atoms with van der Waals surface area (Å²) in [5.74, 6) is 0.668. The lowest BCUT2D eigenvalue weighted by atomic mass is 10.0. The van der Waals surface area contributed by atoms with Crippen LogP contribution in [0, 0.1) is 11.5 Å². The summed E-state index contributed by atoms with van der Waals surface area (Å²) in [5, 5.41) is 17.4. The molecule has 8 nitrogen and oxygen atoms in total. The quantitative estimate of drug-likeness (QED) is 0.684. The number of anilines is 1. The van der Waals surface area contributed by atoms with E-state index in [0.29, 0.717) is 25.5 Å². The third kappa shape index (κ3) is 2.68. The Kier molecular flexibility index (Phi) is 3.95. The molecule has 2 aromatic heterocycles. The predicted molar refractivity (Wildman–Crippen MR) is 104 cm³/mol. The van der Waals surface area contributed by atoms with Gasteiger partial charge in [-0.1, -0.05) is 18.2 Å². The van der Waals surface area contributed by atoms with Gasteiger partial charge in [0.15, 0.2) is 6.19 Å². The van der Waals surface area contributed by atoms with Gasteiger partial charge in [-0.15, -0.1) is 0 Å². The molecule has 8 heteroatoms. The van der Waals surface area contributed by atoms with Gasteiger partial charge in [0.1, 0.15) is 11.9 Å². The van der Waals surface area contributed by atoms with Crippen LogP contribution in [0.1, 0.15) is 0 Å². The van der Waals surface area contributed by atoms with E-state index < -0.39 is 0 Å². The van der Waals surface area contributed by atoms with Gasteiger partial charge in [-0.25, -0.2) is 4.98 Å². The van der Waals surface area contributed by atoms with Crippen LogP contribution in [0.5, 0.6) is 0 Å². The maximum absolute atomic E-state index is 13.0. The normalized spacial score (nSPS) is 20.2. The van der Waals surface area contributed by atoms with Crippen molar-refractivity contribution in [3.63, 3.8) is 0 Å². The maximum Gasteiger partial charge on any atom is 0.247 e. The molecule has 2 aliphatic heterocycles. The monoisotopic (exact) mass is 373 g/mol. The molecule has 1 amide bonds. The van der Waals surface area contributed by atoms with Crippen LogP contribution in [0.2, 0.25) is 0 Å².